The molecule has 0 radical (unpaired) electrons. The number of carbonyl (C=O) groups excluding carboxylic acids is 1. The minimum absolute atomic E-state index is 0. The number of rotatable bonds is 4. The number of fused-ring (bicyclic) bond motifs is 1. The topological polar surface area (TPSA) is 45.5 Å². The van der Waals surface area contributed by atoms with Crippen LogP contribution in [0.1, 0.15) is 48.2 Å². The van der Waals surface area contributed by atoms with E-state index < -0.39 is 0 Å². The predicted octanol–water partition coefficient (Wildman–Crippen LogP) is 4.81. The number of halogens is 2. The van der Waals surface area contributed by atoms with E-state index in [0.29, 0.717) is 22.9 Å². The lowest BCUT2D eigenvalue weighted by atomic mass is 9.80. The van der Waals surface area contributed by atoms with Gasteiger partial charge in [-0.1, -0.05) is 30.9 Å². The maximum Gasteiger partial charge on any atom is 0.287 e. The highest BCUT2D eigenvalue weighted by molar-refractivity contribution is 6.31. The average Bonchev–Trinajstić information content (AvgIpc) is 2.90. The van der Waals surface area contributed by atoms with E-state index in [1.54, 1.807) is 6.07 Å². The number of aryl methyl sites for hydroxylation is 1. The maximum atomic E-state index is 12.7. The first kappa shape index (κ1) is 20.1. The van der Waals surface area contributed by atoms with Crippen LogP contribution in [0.15, 0.2) is 22.6 Å². The second kappa shape index (κ2) is 7.98. The summed E-state index contributed by atoms with van der Waals surface area (Å²) < 4.78 is 5.76. The van der Waals surface area contributed by atoms with Crippen molar-refractivity contribution < 1.29 is 9.21 Å². The molecule has 0 spiro atoms. The number of amides is 1. The molecule has 1 N–H and O–H groups in total. The van der Waals surface area contributed by atoms with Crippen molar-refractivity contribution in [1.82, 2.24) is 10.2 Å². The van der Waals surface area contributed by atoms with E-state index in [9.17, 15) is 4.79 Å². The fourth-order valence-corrected chi connectivity index (χ4v) is 3.90. The van der Waals surface area contributed by atoms with Gasteiger partial charge in [-0.2, -0.15) is 0 Å². The van der Waals surface area contributed by atoms with E-state index >= 15 is 0 Å². The molecule has 2 aromatic rings. The molecule has 6 heteroatoms. The SMILES string of the molecule is Cc1c(C(=O)NCC2(N(C)C)CCCCC2)oc2ccc(Cl)cc12.Cl. The van der Waals surface area contributed by atoms with Crippen molar-refractivity contribution in [3.05, 3.63) is 34.5 Å². The second-order valence-corrected chi connectivity index (χ2v) is 7.50. The molecule has 1 aromatic carbocycles. The fraction of sp³-hybridized carbons (Fsp3) is 0.526. The molecule has 1 aliphatic carbocycles. The Morgan fingerprint density at radius 3 is 2.60 bits per heavy atom. The Morgan fingerprint density at radius 2 is 1.96 bits per heavy atom. The van der Waals surface area contributed by atoms with Crippen molar-refractivity contribution in [2.75, 3.05) is 20.6 Å². The van der Waals surface area contributed by atoms with E-state index in [2.05, 4.69) is 24.3 Å². The zero-order valence-electron chi connectivity index (χ0n) is 15.0. The van der Waals surface area contributed by atoms with Crippen molar-refractivity contribution >= 4 is 40.9 Å². The molecule has 0 bridgehead atoms. The summed E-state index contributed by atoms with van der Waals surface area (Å²) in [6, 6.07) is 5.43. The van der Waals surface area contributed by atoms with Gasteiger partial charge in [-0.25, -0.2) is 0 Å². The molecule has 0 atom stereocenters. The molecule has 4 nitrogen and oxygen atoms in total. The van der Waals surface area contributed by atoms with Crippen molar-refractivity contribution in [2.45, 2.75) is 44.6 Å². The molecule has 1 aromatic heterocycles. The lowest BCUT2D eigenvalue weighted by molar-refractivity contribution is 0.0780. The van der Waals surface area contributed by atoms with E-state index in [0.717, 1.165) is 23.8 Å². The molecular formula is C19H26Cl2N2O2. The van der Waals surface area contributed by atoms with Gasteiger partial charge in [0.2, 0.25) is 0 Å². The van der Waals surface area contributed by atoms with Crippen LogP contribution >= 0.6 is 24.0 Å². The number of hydrogen-bond donors (Lipinski definition) is 1. The third kappa shape index (κ3) is 3.97. The second-order valence-electron chi connectivity index (χ2n) is 7.06. The standard InChI is InChI=1S/C19H25ClN2O2.ClH/c1-13-15-11-14(20)7-8-16(15)24-17(13)18(23)21-12-19(22(2)3)9-5-4-6-10-19;/h7-8,11H,4-6,9-10,12H2,1-3H3,(H,21,23);1H. The number of furan rings is 1. The first-order chi connectivity index (χ1) is 11.4. The molecule has 1 amide bonds. The van der Waals surface area contributed by atoms with Crippen molar-refractivity contribution in [3.63, 3.8) is 0 Å². The molecular weight excluding hydrogens is 359 g/mol. The Labute approximate surface area is 160 Å². The Bertz CT molecular complexity index is 749. The zero-order chi connectivity index (χ0) is 17.3. The van der Waals surface area contributed by atoms with Crippen LogP contribution in [0.2, 0.25) is 5.02 Å². The van der Waals surface area contributed by atoms with Gasteiger partial charge >= 0.3 is 0 Å². The first-order valence-electron chi connectivity index (χ1n) is 8.57. The zero-order valence-corrected chi connectivity index (χ0v) is 16.6. The summed E-state index contributed by atoms with van der Waals surface area (Å²) in [6.45, 7) is 2.55. The highest BCUT2D eigenvalue weighted by Crippen LogP contribution is 2.32. The molecule has 1 saturated carbocycles. The molecule has 0 unspecified atom stereocenters. The predicted molar refractivity (Wildman–Crippen MR) is 105 cm³/mol. The van der Waals surface area contributed by atoms with Crippen molar-refractivity contribution in [2.24, 2.45) is 0 Å². The lowest BCUT2D eigenvalue weighted by Crippen LogP contribution is -2.53. The number of likely N-dealkylation sites (N-methyl/N-ethyl adjacent to an activating group) is 1. The minimum atomic E-state index is -0.147. The van der Waals surface area contributed by atoms with Crippen LogP contribution in [0.5, 0.6) is 0 Å². The largest absolute Gasteiger partial charge is 0.451 e. The summed E-state index contributed by atoms with van der Waals surface area (Å²) in [4.78, 5) is 14.9. The third-order valence-electron chi connectivity index (χ3n) is 5.42. The highest BCUT2D eigenvalue weighted by Gasteiger charge is 2.35. The van der Waals surface area contributed by atoms with Crippen LogP contribution in [0, 0.1) is 6.92 Å². The maximum absolute atomic E-state index is 12.7. The Balaban J connectivity index is 0.00000225. The lowest BCUT2D eigenvalue weighted by Gasteiger charge is -2.43. The molecule has 1 heterocycles. The van der Waals surface area contributed by atoms with E-state index in [4.69, 9.17) is 16.0 Å². The summed E-state index contributed by atoms with van der Waals surface area (Å²) in [5, 5.41) is 4.64. The average molecular weight is 385 g/mol. The molecule has 1 aliphatic rings. The molecule has 138 valence electrons. The summed E-state index contributed by atoms with van der Waals surface area (Å²) in [5.41, 5.74) is 1.59. The Morgan fingerprint density at radius 1 is 1.28 bits per heavy atom. The van der Waals surface area contributed by atoms with Crippen LogP contribution < -0.4 is 5.32 Å². The van der Waals surface area contributed by atoms with Gasteiger partial charge in [-0.15, -0.1) is 12.4 Å². The number of nitrogens with one attached hydrogen (secondary N) is 1. The van der Waals surface area contributed by atoms with Gasteiger partial charge in [0.1, 0.15) is 5.58 Å². The van der Waals surface area contributed by atoms with Gasteiger partial charge in [-0.3, -0.25) is 4.79 Å². The summed E-state index contributed by atoms with van der Waals surface area (Å²) in [7, 11) is 4.21. The van der Waals surface area contributed by atoms with Crippen LogP contribution in [-0.2, 0) is 0 Å². The van der Waals surface area contributed by atoms with Gasteiger partial charge in [-0.05, 0) is 52.1 Å². The number of nitrogens with zero attached hydrogens (tertiary/aromatic N) is 1. The number of carbonyl (C=O) groups is 1. The van der Waals surface area contributed by atoms with Gasteiger partial charge in [0, 0.05) is 28.1 Å². The van der Waals surface area contributed by atoms with Gasteiger partial charge in [0.15, 0.2) is 5.76 Å². The molecule has 3 rings (SSSR count). The molecule has 0 aliphatic heterocycles. The van der Waals surface area contributed by atoms with Gasteiger partial charge in [0.05, 0.1) is 0 Å². The van der Waals surface area contributed by atoms with E-state index in [1.165, 1.54) is 19.3 Å². The molecule has 0 saturated heterocycles. The Kier molecular flexibility index (Phi) is 6.41. The van der Waals surface area contributed by atoms with E-state index in [1.807, 2.05) is 19.1 Å². The van der Waals surface area contributed by atoms with Crippen molar-refractivity contribution in [3.8, 4) is 0 Å². The number of hydrogen-bond acceptors (Lipinski definition) is 3. The van der Waals surface area contributed by atoms with Crippen LogP contribution in [0.4, 0.5) is 0 Å². The summed E-state index contributed by atoms with van der Waals surface area (Å²) >= 11 is 6.05. The number of benzene rings is 1. The minimum Gasteiger partial charge on any atom is -0.451 e. The summed E-state index contributed by atoms with van der Waals surface area (Å²) in [6.07, 6.45) is 5.96. The highest BCUT2D eigenvalue weighted by atomic mass is 35.5. The van der Waals surface area contributed by atoms with E-state index in [-0.39, 0.29) is 23.9 Å². The van der Waals surface area contributed by atoms with Gasteiger partial charge < -0.3 is 14.6 Å². The van der Waals surface area contributed by atoms with Crippen LogP contribution in [-0.4, -0.2) is 37.0 Å². The fourth-order valence-electron chi connectivity index (χ4n) is 3.73. The molecule has 1 fully saturated rings. The monoisotopic (exact) mass is 384 g/mol. The summed E-state index contributed by atoms with van der Waals surface area (Å²) in [5.74, 6) is 0.239. The smallest absolute Gasteiger partial charge is 0.287 e. The molecule has 25 heavy (non-hydrogen) atoms. The van der Waals surface area contributed by atoms with Crippen LogP contribution in [0.3, 0.4) is 0 Å². The van der Waals surface area contributed by atoms with Crippen molar-refractivity contribution in [1.29, 1.82) is 0 Å². The van der Waals surface area contributed by atoms with Crippen LogP contribution in [0.25, 0.3) is 11.0 Å². The Hall–Kier alpha value is -1.23. The normalized spacial score (nSPS) is 16.7. The third-order valence-corrected chi connectivity index (χ3v) is 5.65. The first-order valence-corrected chi connectivity index (χ1v) is 8.95. The quantitative estimate of drug-likeness (QED) is 0.822. The van der Waals surface area contributed by atoms with Gasteiger partial charge in [0.25, 0.3) is 5.91 Å².